The van der Waals surface area contributed by atoms with Gasteiger partial charge in [0.1, 0.15) is 0 Å². The molecule has 1 unspecified atom stereocenters. The number of nitrogens with one attached hydrogen (secondary N) is 1. The van der Waals surface area contributed by atoms with Gasteiger partial charge >= 0.3 is 8.02 Å². The van der Waals surface area contributed by atoms with Crippen molar-refractivity contribution < 1.29 is 14.2 Å². The van der Waals surface area contributed by atoms with Crippen LogP contribution in [0.25, 0.3) is 0 Å². The zero-order valence-corrected chi connectivity index (χ0v) is 15.4. The van der Waals surface area contributed by atoms with Crippen molar-refractivity contribution in [3.8, 4) is 0 Å². The molecule has 2 rings (SSSR count). The number of benzene rings is 1. The van der Waals surface area contributed by atoms with Gasteiger partial charge in [-0.05, 0) is 51.0 Å². The fraction of sp³-hybridized carbons (Fsp3) is 0.400. The molecule has 0 saturated heterocycles. The van der Waals surface area contributed by atoms with E-state index in [1.165, 1.54) is 4.67 Å². The molecule has 5 nitrogen and oxygen atoms in total. The number of halogens is 2. The van der Waals surface area contributed by atoms with Crippen LogP contribution in [-0.4, -0.2) is 18.3 Å². The Morgan fingerprint density at radius 3 is 2.57 bits per heavy atom. The van der Waals surface area contributed by atoms with Gasteiger partial charge in [0, 0.05) is 17.4 Å². The molecule has 8 heteroatoms. The number of allylic oxidation sites excluding steroid dienone is 1. The molecule has 0 aromatic heterocycles. The summed E-state index contributed by atoms with van der Waals surface area (Å²) >= 11 is 11.6. The Balaban J connectivity index is 2.45. The van der Waals surface area contributed by atoms with E-state index in [4.69, 9.17) is 27.7 Å². The van der Waals surface area contributed by atoms with Gasteiger partial charge in [-0.2, -0.15) is 0 Å². The molecule has 1 aliphatic rings. The maximum absolute atomic E-state index is 13.2. The number of amides is 1. The minimum absolute atomic E-state index is 0.328. The van der Waals surface area contributed by atoms with Crippen LogP contribution in [0.4, 0.5) is 5.69 Å². The molecule has 1 heterocycles. The largest absolute Gasteiger partial charge is 0.614 e. The normalized spacial score (nSPS) is 21.6. The fourth-order valence-corrected chi connectivity index (χ4v) is 4.59. The maximum Gasteiger partial charge on any atom is 0.330 e. The monoisotopic (exact) mass is 376 g/mol. The Morgan fingerprint density at radius 1 is 1.35 bits per heavy atom. The van der Waals surface area contributed by atoms with E-state index in [1.807, 2.05) is 0 Å². The number of alkyl halides is 1. The van der Waals surface area contributed by atoms with Gasteiger partial charge in [-0.15, -0.1) is 21.4 Å². The van der Waals surface area contributed by atoms with Gasteiger partial charge in [-0.1, -0.05) is 11.6 Å². The highest BCUT2D eigenvalue weighted by atomic mass is 35.5. The van der Waals surface area contributed by atoms with Crippen LogP contribution in [0.5, 0.6) is 0 Å². The van der Waals surface area contributed by atoms with E-state index in [0.717, 1.165) is 0 Å². The Labute approximate surface area is 146 Å². The van der Waals surface area contributed by atoms with Crippen LogP contribution in [0.2, 0.25) is 5.02 Å². The predicted molar refractivity (Wildman–Crippen MR) is 93.3 cm³/mol. The van der Waals surface area contributed by atoms with Crippen molar-refractivity contribution in [1.29, 1.82) is 0 Å². The second-order valence-electron chi connectivity index (χ2n) is 5.04. The highest BCUT2D eigenvalue weighted by molar-refractivity contribution is 7.65. The van der Waals surface area contributed by atoms with E-state index >= 15 is 0 Å². The molecule has 1 amide bonds. The van der Waals surface area contributed by atoms with Gasteiger partial charge in [-0.3, -0.25) is 4.79 Å². The van der Waals surface area contributed by atoms with E-state index < -0.39 is 8.02 Å². The SMILES string of the molecule is CCN[P+]1([O-])OC(C)=C(CCCCl)C(=O)N1c1ccc(Cl)cc1. The van der Waals surface area contributed by atoms with Crippen molar-refractivity contribution in [2.75, 3.05) is 17.1 Å². The first kappa shape index (κ1) is 18.5. The van der Waals surface area contributed by atoms with Crippen molar-refractivity contribution in [3.63, 3.8) is 0 Å². The summed E-state index contributed by atoms with van der Waals surface area (Å²) in [4.78, 5) is 26.1. The van der Waals surface area contributed by atoms with Gasteiger partial charge in [0.25, 0.3) is 5.91 Å². The molecule has 126 valence electrons. The zero-order chi connectivity index (χ0) is 17.0. The number of nitrogens with zero attached hydrogens (tertiary/aromatic N) is 1. The van der Waals surface area contributed by atoms with Crippen LogP contribution in [0, 0.1) is 0 Å². The third kappa shape index (κ3) is 3.98. The minimum atomic E-state index is -3.54. The van der Waals surface area contributed by atoms with Crippen molar-refractivity contribution in [3.05, 3.63) is 40.6 Å². The summed E-state index contributed by atoms with van der Waals surface area (Å²) in [5.74, 6) is 0.496. The average Bonchev–Trinajstić information content (AvgIpc) is 2.49. The van der Waals surface area contributed by atoms with Crippen molar-refractivity contribution in [1.82, 2.24) is 5.09 Å². The molecule has 0 radical (unpaired) electrons. The fourth-order valence-electron chi connectivity index (χ4n) is 2.36. The van der Waals surface area contributed by atoms with Gasteiger partial charge in [-0.25, -0.2) is 0 Å². The van der Waals surface area contributed by atoms with E-state index in [1.54, 1.807) is 38.1 Å². The minimum Gasteiger partial charge on any atom is -0.614 e. The number of rotatable bonds is 6. The average molecular weight is 377 g/mol. The Bertz CT molecular complexity index is 609. The highest BCUT2D eigenvalue weighted by Gasteiger charge is 2.48. The first-order chi connectivity index (χ1) is 10.9. The number of carbonyl (C=O) groups excluding carboxylic acids is 1. The van der Waals surface area contributed by atoms with Crippen LogP contribution < -0.4 is 14.7 Å². The Morgan fingerprint density at radius 2 is 2.00 bits per heavy atom. The molecule has 1 aromatic rings. The third-order valence-electron chi connectivity index (χ3n) is 3.39. The van der Waals surface area contributed by atoms with Gasteiger partial charge < -0.3 is 9.42 Å². The van der Waals surface area contributed by atoms with E-state index in [9.17, 15) is 9.69 Å². The Hall–Kier alpha value is -0.840. The molecule has 23 heavy (non-hydrogen) atoms. The summed E-state index contributed by atoms with van der Waals surface area (Å²) in [6, 6.07) is 6.58. The van der Waals surface area contributed by atoms with E-state index in [0.29, 0.717) is 47.3 Å². The lowest BCUT2D eigenvalue weighted by Gasteiger charge is -2.40. The number of hydrogen-bond donors (Lipinski definition) is 1. The van der Waals surface area contributed by atoms with Gasteiger partial charge in [0.15, 0.2) is 5.76 Å². The summed E-state index contributed by atoms with van der Waals surface area (Å²) in [5, 5.41) is 3.34. The molecule has 1 N–H and O–H groups in total. The molecule has 0 spiro atoms. The molecule has 0 bridgehead atoms. The topological polar surface area (TPSA) is 64.6 Å². The highest BCUT2D eigenvalue weighted by Crippen LogP contribution is 2.58. The first-order valence-electron chi connectivity index (χ1n) is 7.34. The molecule has 0 saturated carbocycles. The lowest BCUT2D eigenvalue weighted by atomic mass is 10.1. The molecular formula is C15H19Cl2N2O3P. The number of anilines is 1. The van der Waals surface area contributed by atoms with Crippen LogP contribution in [0.3, 0.4) is 0 Å². The van der Waals surface area contributed by atoms with Crippen molar-refractivity contribution in [2.24, 2.45) is 0 Å². The van der Waals surface area contributed by atoms with Crippen LogP contribution in [0.1, 0.15) is 26.7 Å². The lowest BCUT2D eigenvalue weighted by molar-refractivity contribution is -0.195. The van der Waals surface area contributed by atoms with E-state index in [-0.39, 0.29) is 5.91 Å². The smallest absolute Gasteiger partial charge is 0.330 e. The zero-order valence-electron chi connectivity index (χ0n) is 13.0. The molecular weight excluding hydrogens is 358 g/mol. The second kappa shape index (κ2) is 7.82. The summed E-state index contributed by atoms with van der Waals surface area (Å²) in [7, 11) is -3.54. The summed E-state index contributed by atoms with van der Waals surface area (Å²) in [6.07, 6.45) is 1.12. The summed E-state index contributed by atoms with van der Waals surface area (Å²) in [5.41, 5.74) is 0.963. The molecule has 1 aromatic carbocycles. The van der Waals surface area contributed by atoms with E-state index in [2.05, 4.69) is 5.09 Å². The number of hydrogen-bond acceptors (Lipinski definition) is 4. The first-order valence-corrected chi connectivity index (χ1v) is 9.83. The summed E-state index contributed by atoms with van der Waals surface area (Å²) in [6.45, 7) is 3.86. The summed E-state index contributed by atoms with van der Waals surface area (Å²) < 4.78 is 6.84. The lowest BCUT2D eigenvalue weighted by Crippen LogP contribution is -2.47. The Kier molecular flexibility index (Phi) is 6.29. The standard InChI is InChI=1S/C15H19Cl2N2O3P/c1-3-18-23(21)19(13-8-6-12(17)7-9-13)15(20)14(5-4-10-16)11(2)22-23/h6-9H,3-5,10H2,1-2H3,(H,18,21). The number of carbonyl (C=O) groups is 1. The predicted octanol–water partition coefficient (Wildman–Crippen LogP) is 3.64. The van der Waals surface area contributed by atoms with Gasteiger partial charge in [0.2, 0.25) is 0 Å². The molecule has 1 aliphatic heterocycles. The molecule has 1 atom stereocenters. The molecule has 0 fully saturated rings. The van der Waals surface area contributed by atoms with Gasteiger partial charge in [0.05, 0.1) is 11.3 Å². The van der Waals surface area contributed by atoms with Crippen LogP contribution >= 0.6 is 31.2 Å². The molecule has 0 aliphatic carbocycles. The quantitative estimate of drug-likeness (QED) is 0.607. The maximum atomic E-state index is 13.2. The second-order valence-corrected chi connectivity index (χ2v) is 7.80. The van der Waals surface area contributed by atoms with Crippen molar-refractivity contribution in [2.45, 2.75) is 26.7 Å². The third-order valence-corrected chi connectivity index (χ3v) is 6.08. The van der Waals surface area contributed by atoms with Crippen molar-refractivity contribution >= 4 is 42.8 Å². The van der Waals surface area contributed by atoms with Crippen LogP contribution in [-0.2, 0) is 9.32 Å². The van der Waals surface area contributed by atoms with Crippen LogP contribution in [0.15, 0.2) is 35.6 Å².